The van der Waals surface area contributed by atoms with Crippen LogP contribution in [-0.4, -0.2) is 34.4 Å². The van der Waals surface area contributed by atoms with Gasteiger partial charge < -0.3 is 10.1 Å². The Hall–Kier alpha value is -2.70. The number of ether oxygens (including phenoxy) is 1. The number of benzene rings is 1. The summed E-state index contributed by atoms with van der Waals surface area (Å²) in [5.41, 5.74) is 2.18. The Morgan fingerprint density at radius 3 is 2.82 bits per heavy atom. The summed E-state index contributed by atoms with van der Waals surface area (Å²) in [6.07, 6.45) is 2.08. The lowest BCUT2D eigenvalue weighted by Crippen LogP contribution is -2.25. The Bertz CT molecular complexity index is 706. The summed E-state index contributed by atoms with van der Waals surface area (Å²) in [5.74, 6) is -0.387. The molecule has 0 saturated heterocycles. The molecule has 2 N–H and O–H groups in total. The molecule has 114 valence electrons. The number of nitrogens with one attached hydrogen (secondary N) is 2. The van der Waals surface area contributed by atoms with Gasteiger partial charge in [-0.05, 0) is 24.5 Å². The monoisotopic (exact) mass is 300 g/mol. The van der Waals surface area contributed by atoms with Gasteiger partial charge in [-0.2, -0.15) is 15.4 Å². The SMILES string of the molecule is COC(=O)c1ccccc1CNC(=O)c1n[nH]nc1C1CC1. The molecule has 22 heavy (non-hydrogen) atoms. The van der Waals surface area contributed by atoms with Crippen molar-refractivity contribution < 1.29 is 14.3 Å². The minimum absolute atomic E-state index is 0.223. The van der Waals surface area contributed by atoms with Crippen molar-refractivity contribution >= 4 is 11.9 Å². The molecule has 0 spiro atoms. The second-order valence-corrected chi connectivity index (χ2v) is 5.16. The van der Waals surface area contributed by atoms with Crippen LogP contribution < -0.4 is 5.32 Å². The summed E-state index contributed by atoms with van der Waals surface area (Å²) in [4.78, 5) is 23.9. The maximum absolute atomic E-state index is 12.2. The molecule has 3 rings (SSSR count). The minimum atomic E-state index is -0.426. The number of amides is 1. The van der Waals surface area contributed by atoms with Crippen molar-refractivity contribution in [3.8, 4) is 0 Å². The summed E-state index contributed by atoms with van der Waals surface area (Å²) in [6.45, 7) is 0.223. The molecule has 1 aromatic carbocycles. The van der Waals surface area contributed by atoms with Crippen LogP contribution in [0.4, 0.5) is 0 Å². The van der Waals surface area contributed by atoms with Crippen molar-refractivity contribution in [3.05, 3.63) is 46.8 Å². The van der Waals surface area contributed by atoms with Gasteiger partial charge in [0.25, 0.3) is 5.91 Å². The number of rotatable bonds is 5. The molecule has 1 aromatic heterocycles. The fourth-order valence-corrected chi connectivity index (χ4v) is 2.29. The molecule has 0 bridgehead atoms. The van der Waals surface area contributed by atoms with Gasteiger partial charge in [0.1, 0.15) is 0 Å². The number of methoxy groups -OCH3 is 1. The van der Waals surface area contributed by atoms with E-state index >= 15 is 0 Å². The minimum Gasteiger partial charge on any atom is -0.465 e. The van der Waals surface area contributed by atoms with Gasteiger partial charge in [-0.3, -0.25) is 4.79 Å². The number of H-pyrrole nitrogens is 1. The Labute approximate surface area is 127 Å². The Kier molecular flexibility index (Phi) is 3.86. The van der Waals surface area contributed by atoms with Gasteiger partial charge in [-0.25, -0.2) is 4.79 Å². The number of nitrogens with zero attached hydrogens (tertiary/aromatic N) is 2. The van der Waals surface area contributed by atoms with E-state index in [1.54, 1.807) is 24.3 Å². The summed E-state index contributed by atoms with van der Waals surface area (Å²) < 4.78 is 4.74. The van der Waals surface area contributed by atoms with Gasteiger partial charge in [0.05, 0.1) is 18.4 Å². The van der Waals surface area contributed by atoms with E-state index in [0.29, 0.717) is 22.7 Å². The second kappa shape index (κ2) is 5.97. The van der Waals surface area contributed by atoms with E-state index in [0.717, 1.165) is 18.5 Å². The predicted octanol–water partition coefficient (Wildman–Crippen LogP) is 1.40. The Morgan fingerprint density at radius 1 is 1.32 bits per heavy atom. The molecule has 7 heteroatoms. The van der Waals surface area contributed by atoms with E-state index in [4.69, 9.17) is 4.74 Å². The summed E-state index contributed by atoms with van der Waals surface area (Å²) >= 11 is 0. The quantitative estimate of drug-likeness (QED) is 0.813. The molecule has 0 unspecified atom stereocenters. The van der Waals surface area contributed by atoms with Crippen LogP contribution in [0.15, 0.2) is 24.3 Å². The fraction of sp³-hybridized carbons (Fsp3) is 0.333. The van der Waals surface area contributed by atoms with Crippen LogP contribution in [0.5, 0.6) is 0 Å². The smallest absolute Gasteiger partial charge is 0.338 e. The highest BCUT2D eigenvalue weighted by molar-refractivity contribution is 5.94. The van der Waals surface area contributed by atoms with Gasteiger partial charge in [0.15, 0.2) is 5.69 Å². The van der Waals surface area contributed by atoms with Crippen molar-refractivity contribution in [3.63, 3.8) is 0 Å². The van der Waals surface area contributed by atoms with Crippen molar-refractivity contribution in [2.45, 2.75) is 25.3 Å². The number of carbonyl (C=O) groups is 2. The Morgan fingerprint density at radius 2 is 2.09 bits per heavy atom. The van der Waals surface area contributed by atoms with Crippen LogP contribution in [0, 0.1) is 0 Å². The normalized spacial score (nSPS) is 13.7. The number of aromatic amines is 1. The highest BCUT2D eigenvalue weighted by Crippen LogP contribution is 2.39. The summed E-state index contributed by atoms with van der Waals surface area (Å²) in [5, 5.41) is 13.2. The molecule has 7 nitrogen and oxygen atoms in total. The van der Waals surface area contributed by atoms with Gasteiger partial charge in [-0.15, -0.1) is 0 Å². The topological polar surface area (TPSA) is 97.0 Å². The number of esters is 1. The lowest BCUT2D eigenvalue weighted by Gasteiger charge is -2.08. The molecule has 1 fully saturated rings. The largest absolute Gasteiger partial charge is 0.465 e. The van der Waals surface area contributed by atoms with E-state index in [1.807, 2.05) is 0 Å². The van der Waals surface area contributed by atoms with Crippen LogP contribution in [0.25, 0.3) is 0 Å². The van der Waals surface area contributed by atoms with Crippen LogP contribution in [0.1, 0.15) is 50.9 Å². The molecule has 0 atom stereocenters. The third-order valence-electron chi connectivity index (χ3n) is 3.62. The third kappa shape index (κ3) is 2.83. The van der Waals surface area contributed by atoms with Crippen LogP contribution in [0.3, 0.4) is 0 Å². The van der Waals surface area contributed by atoms with E-state index in [9.17, 15) is 9.59 Å². The summed E-state index contributed by atoms with van der Waals surface area (Å²) in [6, 6.07) is 7.00. The molecule has 1 saturated carbocycles. The zero-order chi connectivity index (χ0) is 15.5. The van der Waals surface area contributed by atoms with Crippen LogP contribution in [-0.2, 0) is 11.3 Å². The number of carbonyl (C=O) groups excluding carboxylic acids is 2. The lowest BCUT2D eigenvalue weighted by atomic mass is 10.1. The molecule has 1 heterocycles. The first-order valence-corrected chi connectivity index (χ1v) is 7.05. The van der Waals surface area contributed by atoms with E-state index < -0.39 is 5.97 Å². The second-order valence-electron chi connectivity index (χ2n) is 5.16. The molecule has 1 aliphatic carbocycles. The van der Waals surface area contributed by atoms with E-state index in [-0.39, 0.29) is 12.5 Å². The van der Waals surface area contributed by atoms with Crippen molar-refractivity contribution in [1.29, 1.82) is 0 Å². The van der Waals surface area contributed by atoms with E-state index in [2.05, 4.69) is 20.7 Å². The van der Waals surface area contributed by atoms with Gasteiger partial charge in [-0.1, -0.05) is 18.2 Å². The first-order valence-electron chi connectivity index (χ1n) is 7.05. The molecule has 0 radical (unpaired) electrons. The number of aromatic nitrogens is 3. The average Bonchev–Trinajstić information content (AvgIpc) is 3.28. The molecule has 1 amide bonds. The third-order valence-corrected chi connectivity index (χ3v) is 3.62. The summed E-state index contributed by atoms with van der Waals surface area (Å²) in [7, 11) is 1.33. The van der Waals surface area contributed by atoms with Crippen molar-refractivity contribution in [2.75, 3.05) is 7.11 Å². The molecule has 1 aliphatic rings. The molecule has 2 aromatic rings. The Balaban J connectivity index is 1.71. The first-order chi connectivity index (χ1) is 10.7. The molecular formula is C15H16N4O3. The fourth-order valence-electron chi connectivity index (χ4n) is 2.29. The van der Waals surface area contributed by atoms with Gasteiger partial charge in [0, 0.05) is 12.5 Å². The highest BCUT2D eigenvalue weighted by atomic mass is 16.5. The molecule has 0 aliphatic heterocycles. The molecular weight excluding hydrogens is 284 g/mol. The van der Waals surface area contributed by atoms with Crippen LogP contribution >= 0.6 is 0 Å². The van der Waals surface area contributed by atoms with Crippen molar-refractivity contribution in [1.82, 2.24) is 20.7 Å². The van der Waals surface area contributed by atoms with Gasteiger partial charge >= 0.3 is 5.97 Å². The standard InChI is InChI=1S/C15H16N4O3/c1-22-15(21)11-5-3-2-4-10(11)8-16-14(20)13-12(9-6-7-9)17-19-18-13/h2-5,9H,6-8H2,1H3,(H,16,20)(H,17,18,19). The maximum atomic E-state index is 12.2. The lowest BCUT2D eigenvalue weighted by molar-refractivity contribution is 0.0598. The maximum Gasteiger partial charge on any atom is 0.338 e. The first kappa shape index (κ1) is 14.2. The zero-order valence-electron chi connectivity index (χ0n) is 12.1. The van der Waals surface area contributed by atoms with Crippen LogP contribution in [0.2, 0.25) is 0 Å². The van der Waals surface area contributed by atoms with Crippen molar-refractivity contribution in [2.24, 2.45) is 0 Å². The highest BCUT2D eigenvalue weighted by Gasteiger charge is 2.31. The van der Waals surface area contributed by atoms with Gasteiger partial charge in [0.2, 0.25) is 0 Å². The zero-order valence-corrected chi connectivity index (χ0v) is 12.1. The van der Waals surface area contributed by atoms with E-state index in [1.165, 1.54) is 7.11 Å². The average molecular weight is 300 g/mol. The predicted molar refractivity (Wildman–Crippen MR) is 77.3 cm³/mol. The number of hydrogen-bond acceptors (Lipinski definition) is 5. The number of hydrogen-bond donors (Lipinski definition) is 2.